The fourth-order valence-electron chi connectivity index (χ4n) is 1.56. The normalized spacial score (nSPS) is 10.8. The highest BCUT2D eigenvalue weighted by Crippen LogP contribution is 2.28. The van der Waals surface area contributed by atoms with E-state index in [0.717, 1.165) is 0 Å². The number of carbonyl (C=O) groups excluding carboxylic acids is 1. The molecule has 0 spiro atoms. The Bertz CT molecular complexity index is 536. The third-order valence-electron chi connectivity index (χ3n) is 2.34. The zero-order valence-electron chi connectivity index (χ0n) is 11.6. The fourth-order valence-corrected chi connectivity index (χ4v) is 1.56. The summed E-state index contributed by atoms with van der Waals surface area (Å²) in [6.45, 7) is 3.54. The van der Waals surface area contributed by atoms with Crippen molar-refractivity contribution in [1.82, 2.24) is 5.32 Å². The maximum atomic E-state index is 11.0. The Labute approximate surface area is 117 Å². The van der Waals surface area contributed by atoms with Crippen LogP contribution in [0.5, 0.6) is 11.5 Å². The van der Waals surface area contributed by atoms with Crippen LogP contribution in [0.1, 0.15) is 19.4 Å². The van der Waals surface area contributed by atoms with Crippen molar-refractivity contribution < 1.29 is 24.2 Å². The molecule has 0 aromatic heterocycles. The predicted molar refractivity (Wildman–Crippen MR) is 73.6 cm³/mol. The van der Waals surface area contributed by atoms with Gasteiger partial charge in [0.05, 0.1) is 13.7 Å². The molecule has 1 rings (SSSR count). The molecular weight excluding hydrogens is 262 g/mol. The van der Waals surface area contributed by atoms with Gasteiger partial charge in [0, 0.05) is 6.92 Å². The SMILES string of the molecule is CCOc1cc(/C=C(/NC(C)=O)C(=O)O)ccc1OC. The quantitative estimate of drug-likeness (QED) is 0.773. The number of aliphatic carboxylic acids is 1. The Morgan fingerprint density at radius 3 is 2.55 bits per heavy atom. The second kappa shape index (κ2) is 7.18. The number of carboxylic acid groups (broad SMARTS) is 1. The molecule has 0 aliphatic carbocycles. The van der Waals surface area contributed by atoms with Crippen LogP contribution in [0.4, 0.5) is 0 Å². The van der Waals surface area contributed by atoms with E-state index in [-0.39, 0.29) is 5.70 Å². The summed E-state index contributed by atoms with van der Waals surface area (Å²) in [7, 11) is 1.52. The van der Waals surface area contributed by atoms with Gasteiger partial charge >= 0.3 is 5.97 Å². The monoisotopic (exact) mass is 279 g/mol. The number of rotatable bonds is 6. The number of methoxy groups -OCH3 is 1. The molecule has 0 aliphatic heterocycles. The lowest BCUT2D eigenvalue weighted by Crippen LogP contribution is -2.24. The highest BCUT2D eigenvalue weighted by Gasteiger charge is 2.10. The standard InChI is InChI=1S/C14H17NO5/c1-4-20-13-8-10(5-6-12(13)19-3)7-11(14(17)18)15-9(2)16/h5-8H,4H2,1-3H3,(H,15,16)(H,17,18)/b11-7+. The van der Waals surface area contributed by atoms with Crippen molar-refractivity contribution in [3.8, 4) is 11.5 Å². The molecule has 0 saturated heterocycles. The first-order valence-corrected chi connectivity index (χ1v) is 6.01. The van der Waals surface area contributed by atoms with Crippen molar-refractivity contribution in [1.29, 1.82) is 0 Å². The third kappa shape index (κ3) is 4.31. The first kappa shape index (κ1) is 15.6. The molecule has 0 aliphatic rings. The number of carbonyl (C=O) groups is 2. The zero-order chi connectivity index (χ0) is 15.1. The molecule has 108 valence electrons. The molecule has 0 heterocycles. The van der Waals surface area contributed by atoms with E-state index in [1.54, 1.807) is 18.2 Å². The second-order valence-electron chi connectivity index (χ2n) is 3.89. The number of amides is 1. The van der Waals surface area contributed by atoms with Gasteiger partial charge in [-0.15, -0.1) is 0 Å². The van der Waals surface area contributed by atoms with Crippen molar-refractivity contribution in [3.63, 3.8) is 0 Å². The molecule has 1 amide bonds. The van der Waals surface area contributed by atoms with Gasteiger partial charge in [-0.2, -0.15) is 0 Å². The average Bonchev–Trinajstić information content (AvgIpc) is 2.38. The van der Waals surface area contributed by atoms with Gasteiger partial charge in [-0.05, 0) is 30.7 Å². The minimum absolute atomic E-state index is 0.204. The summed E-state index contributed by atoms with van der Waals surface area (Å²) in [5.74, 6) is -0.595. The van der Waals surface area contributed by atoms with Crippen LogP contribution >= 0.6 is 0 Å². The second-order valence-corrected chi connectivity index (χ2v) is 3.89. The lowest BCUT2D eigenvalue weighted by atomic mass is 10.1. The van der Waals surface area contributed by atoms with Gasteiger partial charge in [-0.25, -0.2) is 4.79 Å². The lowest BCUT2D eigenvalue weighted by molar-refractivity contribution is -0.134. The summed E-state index contributed by atoms with van der Waals surface area (Å²) in [6, 6.07) is 4.99. The Morgan fingerprint density at radius 1 is 1.35 bits per heavy atom. The fraction of sp³-hybridized carbons (Fsp3) is 0.286. The first-order chi connectivity index (χ1) is 9.47. The van der Waals surface area contributed by atoms with Gasteiger partial charge in [-0.1, -0.05) is 6.07 Å². The number of hydrogen-bond donors (Lipinski definition) is 2. The van der Waals surface area contributed by atoms with E-state index in [4.69, 9.17) is 14.6 Å². The molecule has 0 radical (unpaired) electrons. The van der Waals surface area contributed by atoms with Crippen molar-refractivity contribution in [2.45, 2.75) is 13.8 Å². The van der Waals surface area contributed by atoms with Gasteiger partial charge in [0.2, 0.25) is 5.91 Å². The van der Waals surface area contributed by atoms with Crippen molar-refractivity contribution in [2.24, 2.45) is 0 Å². The minimum Gasteiger partial charge on any atom is -0.493 e. The molecule has 0 bridgehead atoms. The van der Waals surface area contributed by atoms with Gasteiger partial charge < -0.3 is 19.9 Å². The van der Waals surface area contributed by atoms with Gasteiger partial charge in [0.15, 0.2) is 11.5 Å². The van der Waals surface area contributed by atoms with Gasteiger partial charge in [0.25, 0.3) is 0 Å². The van der Waals surface area contributed by atoms with Crippen LogP contribution in [-0.2, 0) is 9.59 Å². The Morgan fingerprint density at radius 2 is 2.05 bits per heavy atom. The van der Waals surface area contributed by atoms with Crippen LogP contribution in [0.15, 0.2) is 23.9 Å². The average molecular weight is 279 g/mol. The number of ether oxygens (including phenoxy) is 2. The molecule has 0 fully saturated rings. The van der Waals surface area contributed by atoms with Crippen LogP contribution < -0.4 is 14.8 Å². The van der Waals surface area contributed by atoms with E-state index >= 15 is 0 Å². The van der Waals surface area contributed by atoms with E-state index in [1.165, 1.54) is 20.1 Å². The molecule has 2 N–H and O–H groups in total. The van der Waals surface area contributed by atoms with Crippen LogP contribution in [0.2, 0.25) is 0 Å². The number of hydrogen-bond acceptors (Lipinski definition) is 4. The molecule has 0 saturated carbocycles. The highest BCUT2D eigenvalue weighted by molar-refractivity contribution is 5.96. The zero-order valence-corrected chi connectivity index (χ0v) is 11.6. The number of nitrogens with one attached hydrogen (secondary N) is 1. The largest absolute Gasteiger partial charge is 0.493 e. The van der Waals surface area contributed by atoms with Crippen LogP contribution in [0.3, 0.4) is 0 Å². The topological polar surface area (TPSA) is 84.9 Å². The minimum atomic E-state index is -1.21. The molecule has 1 aromatic rings. The number of benzene rings is 1. The van der Waals surface area contributed by atoms with Crippen LogP contribution in [0, 0.1) is 0 Å². The van der Waals surface area contributed by atoms with Crippen LogP contribution in [-0.4, -0.2) is 30.7 Å². The first-order valence-electron chi connectivity index (χ1n) is 6.01. The smallest absolute Gasteiger partial charge is 0.352 e. The Kier molecular flexibility index (Phi) is 5.58. The predicted octanol–water partition coefficient (Wildman–Crippen LogP) is 1.66. The molecule has 6 heteroatoms. The van der Waals surface area contributed by atoms with Crippen molar-refractivity contribution in [3.05, 3.63) is 29.5 Å². The van der Waals surface area contributed by atoms with Crippen LogP contribution in [0.25, 0.3) is 6.08 Å². The summed E-state index contributed by atoms with van der Waals surface area (Å²) in [4.78, 5) is 22.0. The molecule has 20 heavy (non-hydrogen) atoms. The Balaban J connectivity index is 3.14. The summed E-state index contributed by atoms with van der Waals surface area (Å²) in [5, 5.41) is 11.3. The summed E-state index contributed by atoms with van der Waals surface area (Å²) < 4.78 is 10.5. The third-order valence-corrected chi connectivity index (χ3v) is 2.34. The van der Waals surface area contributed by atoms with Gasteiger partial charge in [-0.3, -0.25) is 4.79 Å². The van der Waals surface area contributed by atoms with E-state index in [9.17, 15) is 9.59 Å². The molecule has 0 atom stereocenters. The van der Waals surface area contributed by atoms with Crippen molar-refractivity contribution in [2.75, 3.05) is 13.7 Å². The number of carboxylic acids is 1. The van der Waals surface area contributed by atoms with E-state index in [1.807, 2.05) is 6.92 Å². The summed E-state index contributed by atoms with van der Waals surface area (Å²) >= 11 is 0. The summed E-state index contributed by atoms with van der Waals surface area (Å²) in [6.07, 6.45) is 1.35. The Hall–Kier alpha value is -2.50. The maximum Gasteiger partial charge on any atom is 0.352 e. The molecule has 6 nitrogen and oxygen atoms in total. The van der Waals surface area contributed by atoms with E-state index in [2.05, 4.69) is 5.32 Å². The molecular formula is C14H17NO5. The van der Waals surface area contributed by atoms with E-state index < -0.39 is 11.9 Å². The molecule has 1 aromatic carbocycles. The van der Waals surface area contributed by atoms with E-state index in [0.29, 0.717) is 23.7 Å². The lowest BCUT2D eigenvalue weighted by Gasteiger charge is -2.10. The van der Waals surface area contributed by atoms with Gasteiger partial charge in [0.1, 0.15) is 5.70 Å². The highest BCUT2D eigenvalue weighted by atomic mass is 16.5. The maximum absolute atomic E-state index is 11.0. The summed E-state index contributed by atoms with van der Waals surface area (Å²) in [5.41, 5.74) is 0.380. The molecule has 0 unspecified atom stereocenters. The van der Waals surface area contributed by atoms with Crippen molar-refractivity contribution >= 4 is 18.0 Å².